The average Bonchev–Trinajstić information content (AvgIpc) is 3.01. The number of tetrazole rings is 1. The molecule has 23 heavy (non-hydrogen) atoms. The van der Waals surface area contributed by atoms with Crippen LogP contribution in [0.2, 0.25) is 0 Å². The van der Waals surface area contributed by atoms with Crippen LogP contribution in [0.3, 0.4) is 0 Å². The molecule has 0 aliphatic carbocycles. The number of nitrogens with one attached hydrogen (secondary N) is 1. The minimum Gasteiger partial charge on any atom is -0.494 e. The summed E-state index contributed by atoms with van der Waals surface area (Å²) >= 11 is 1.29. The van der Waals surface area contributed by atoms with Crippen molar-refractivity contribution in [1.82, 2.24) is 25.5 Å². The summed E-state index contributed by atoms with van der Waals surface area (Å²) in [6, 6.07) is 5.93. The van der Waals surface area contributed by atoms with E-state index in [-0.39, 0.29) is 17.7 Å². The summed E-state index contributed by atoms with van der Waals surface area (Å²) in [7, 11) is 1.60. The van der Waals surface area contributed by atoms with Crippen molar-refractivity contribution in [3.63, 3.8) is 0 Å². The van der Waals surface area contributed by atoms with Crippen LogP contribution in [0.1, 0.15) is 25.8 Å². The van der Waals surface area contributed by atoms with Gasteiger partial charge in [0.1, 0.15) is 11.4 Å². The molecule has 0 aliphatic rings. The van der Waals surface area contributed by atoms with Crippen LogP contribution in [-0.4, -0.2) is 45.0 Å². The molecule has 0 spiro atoms. The topological polar surface area (TPSA) is 81.9 Å². The first kappa shape index (κ1) is 17.3. The lowest BCUT2D eigenvalue weighted by Crippen LogP contribution is -2.33. The average molecular weight is 335 g/mol. The van der Waals surface area contributed by atoms with Gasteiger partial charge in [0, 0.05) is 6.04 Å². The zero-order valence-electron chi connectivity index (χ0n) is 13.7. The molecule has 1 aromatic carbocycles. The second-order valence-electron chi connectivity index (χ2n) is 5.21. The Morgan fingerprint density at radius 3 is 2.96 bits per heavy atom. The Hall–Kier alpha value is -2.09. The highest BCUT2D eigenvalue weighted by Crippen LogP contribution is 2.26. The van der Waals surface area contributed by atoms with E-state index in [1.54, 1.807) is 11.8 Å². The third-order valence-corrected chi connectivity index (χ3v) is 4.27. The monoisotopic (exact) mass is 335 g/mol. The van der Waals surface area contributed by atoms with E-state index in [0.717, 1.165) is 17.7 Å². The molecule has 2 rings (SSSR count). The van der Waals surface area contributed by atoms with E-state index < -0.39 is 0 Å². The van der Waals surface area contributed by atoms with Gasteiger partial charge in [0.25, 0.3) is 0 Å². The van der Waals surface area contributed by atoms with Crippen LogP contribution < -0.4 is 10.1 Å². The number of thioether (sulfide) groups is 1. The van der Waals surface area contributed by atoms with Gasteiger partial charge in [-0.1, -0.05) is 24.8 Å². The quantitative estimate of drug-likeness (QED) is 0.779. The number of nitrogens with zero attached hydrogens (tertiary/aromatic N) is 4. The highest BCUT2D eigenvalue weighted by Gasteiger charge is 2.15. The maximum Gasteiger partial charge on any atom is 0.230 e. The SMILES string of the molecule is CC[C@@H](C)NC(=O)CSc1nnnn1-c1cc(C)ccc1OC. The third-order valence-electron chi connectivity index (χ3n) is 3.36. The van der Waals surface area contributed by atoms with Gasteiger partial charge in [0.05, 0.1) is 12.9 Å². The number of rotatable bonds is 7. The van der Waals surface area contributed by atoms with Crippen LogP contribution in [-0.2, 0) is 4.79 Å². The van der Waals surface area contributed by atoms with Gasteiger partial charge in [-0.25, -0.2) is 0 Å². The summed E-state index contributed by atoms with van der Waals surface area (Å²) in [6.07, 6.45) is 0.897. The summed E-state index contributed by atoms with van der Waals surface area (Å²) in [5.41, 5.74) is 1.82. The number of aromatic nitrogens is 4. The maximum atomic E-state index is 11.9. The van der Waals surface area contributed by atoms with Crippen LogP contribution in [0.25, 0.3) is 5.69 Å². The lowest BCUT2D eigenvalue weighted by Gasteiger charge is -2.12. The molecule has 124 valence electrons. The van der Waals surface area contributed by atoms with E-state index in [2.05, 4.69) is 20.8 Å². The van der Waals surface area contributed by atoms with E-state index in [4.69, 9.17) is 4.74 Å². The van der Waals surface area contributed by atoms with E-state index >= 15 is 0 Å². The summed E-state index contributed by atoms with van der Waals surface area (Å²) in [5, 5.41) is 15.2. The van der Waals surface area contributed by atoms with E-state index in [9.17, 15) is 4.79 Å². The molecule has 8 heteroatoms. The molecule has 0 unspecified atom stereocenters. The number of aryl methyl sites for hydroxylation is 1. The van der Waals surface area contributed by atoms with Crippen molar-refractivity contribution < 1.29 is 9.53 Å². The summed E-state index contributed by atoms with van der Waals surface area (Å²) < 4.78 is 6.96. The van der Waals surface area contributed by atoms with Gasteiger partial charge in [0.15, 0.2) is 0 Å². The van der Waals surface area contributed by atoms with Crippen molar-refractivity contribution in [2.24, 2.45) is 0 Å². The summed E-state index contributed by atoms with van der Waals surface area (Å²) in [4.78, 5) is 11.9. The van der Waals surface area contributed by atoms with Gasteiger partial charge >= 0.3 is 0 Å². The fourth-order valence-electron chi connectivity index (χ4n) is 1.93. The molecule has 0 bridgehead atoms. The fraction of sp³-hybridized carbons (Fsp3) is 0.467. The molecule has 0 saturated heterocycles. The largest absolute Gasteiger partial charge is 0.494 e. The van der Waals surface area contributed by atoms with Crippen LogP contribution in [0.5, 0.6) is 5.75 Å². The highest BCUT2D eigenvalue weighted by molar-refractivity contribution is 7.99. The zero-order chi connectivity index (χ0) is 16.8. The Bertz CT molecular complexity index is 674. The second-order valence-corrected chi connectivity index (χ2v) is 6.16. The molecule has 1 heterocycles. The number of carbonyl (C=O) groups is 1. The number of amides is 1. The number of carbonyl (C=O) groups excluding carboxylic acids is 1. The number of hydrogen-bond acceptors (Lipinski definition) is 6. The number of ether oxygens (including phenoxy) is 1. The Balaban J connectivity index is 2.14. The predicted octanol–water partition coefficient (Wildman–Crippen LogP) is 1.99. The predicted molar refractivity (Wildman–Crippen MR) is 89.1 cm³/mol. The Morgan fingerprint density at radius 1 is 1.48 bits per heavy atom. The zero-order valence-corrected chi connectivity index (χ0v) is 14.6. The molecule has 0 fully saturated rings. The van der Waals surface area contributed by atoms with Gasteiger partial charge in [-0.2, -0.15) is 4.68 Å². The second kappa shape index (κ2) is 7.96. The van der Waals surface area contributed by atoms with Crippen LogP contribution in [0.15, 0.2) is 23.4 Å². The lowest BCUT2D eigenvalue weighted by molar-refractivity contribution is -0.119. The first-order valence-electron chi connectivity index (χ1n) is 7.40. The normalized spacial score (nSPS) is 12.0. The number of hydrogen-bond donors (Lipinski definition) is 1. The Kier molecular flexibility index (Phi) is 5.97. The van der Waals surface area contributed by atoms with Gasteiger partial charge in [-0.3, -0.25) is 4.79 Å². The maximum absolute atomic E-state index is 11.9. The molecular formula is C15H21N5O2S. The van der Waals surface area contributed by atoms with Gasteiger partial charge < -0.3 is 10.1 Å². The van der Waals surface area contributed by atoms with E-state index in [1.165, 1.54) is 11.8 Å². The van der Waals surface area contributed by atoms with Crippen molar-refractivity contribution in [2.45, 2.75) is 38.4 Å². The molecule has 0 saturated carbocycles. The van der Waals surface area contributed by atoms with Crippen molar-refractivity contribution >= 4 is 17.7 Å². The van der Waals surface area contributed by atoms with Gasteiger partial charge in [-0.15, -0.1) is 5.10 Å². The van der Waals surface area contributed by atoms with Crippen LogP contribution >= 0.6 is 11.8 Å². The highest BCUT2D eigenvalue weighted by atomic mass is 32.2. The molecule has 1 atom stereocenters. The summed E-state index contributed by atoms with van der Waals surface area (Å²) in [5.74, 6) is 0.905. The standard InChI is InChI=1S/C15H21N5O2S/c1-5-11(3)16-14(21)9-23-15-17-18-19-20(15)12-8-10(2)6-7-13(12)22-4/h6-8,11H,5,9H2,1-4H3,(H,16,21)/t11-/m1/s1. The molecule has 2 aromatic rings. The minimum absolute atomic E-state index is 0.0323. The lowest BCUT2D eigenvalue weighted by atomic mass is 10.2. The summed E-state index contributed by atoms with van der Waals surface area (Å²) in [6.45, 7) is 5.99. The number of benzene rings is 1. The van der Waals surface area contributed by atoms with Crippen molar-refractivity contribution in [3.05, 3.63) is 23.8 Å². The molecule has 7 nitrogen and oxygen atoms in total. The van der Waals surface area contributed by atoms with E-state index in [0.29, 0.717) is 10.9 Å². The fourth-order valence-corrected chi connectivity index (χ4v) is 2.63. The van der Waals surface area contributed by atoms with E-state index in [1.807, 2.05) is 39.0 Å². The first-order valence-corrected chi connectivity index (χ1v) is 8.39. The molecule has 0 radical (unpaired) electrons. The van der Waals surface area contributed by atoms with Gasteiger partial charge in [-0.05, 0) is 48.4 Å². The molecular weight excluding hydrogens is 314 g/mol. The molecule has 1 amide bonds. The molecule has 1 aromatic heterocycles. The van der Waals surface area contributed by atoms with Crippen LogP contribution in [0.4, 0.5) is 0 Å². The van der Waals surface area contributed by atoms with Crippen molar-refractivity contribution in [3.8, 4) is 11.4 Å². The Labute approximate surface area is 139 Å². The number of methoxy groups -OCH3 is 1. The smallest absolute Gasteiger partial charge is 0.230 e. The third kappa shape index (κ3) is 4.44. The first-order chi connectivity index (χ1) is 11.0. The van der Waals surface area contributed by atoms with Gasteiger partial charge in [0.2, 0.25) is 11.1 Å². The minimum atomic E-state index is -0.0323. The van der Waals surface area contributed by atoms with Crippen molar-refractivity contribution in [1.29, 1.82) is 0 Å². The Morgan fingerprint density at radius 2 is 2.26 bits per heavy atom. The molecule has 0 aliphatic heterocycles. The molecule has 1 N–H and O–H groups in total. The van der Waals surface area contributed by atoms with Crippen molar-refractivity contribution in [2.75, 3.05) is 12.9 Å². The van der Waals surface area contributed by atoms with Crippen LogP contribution in [0, 0.1) is 6.92 Å².